The molecule has 0 aliphatic heterocycles. The number of hydrogen-bond acceptors (Lipinski definition) is 3. The molecule has 2 unspecified atom stereocenters. The second-order valence-electron chi connectivity index (χ2n) is 4.36. The van der Waals surface area contributed by atoms with Crippen LogP contribution in [-0.2, 0) is 10.3 Å². The first-order chi connectivity index (χ1) is 8.03. The number of likely N-dealkylation sites (N-methyl/N-ethyl adjacent to an activating group) is 1. The van der Waals surface area contributed by atoms with E-state index in [4.69, 9.17) is 0 Å². The molecule has 0 aromatic heterocycles. The number of hydrogen-bond donors (Lipinski definition) is 3. The third-order valence-corrected chi connectivity index (χ3v) is 2.95. The van der Waals surface area contributed by atoms with Crippen molar-refractivity contribution in [3.8, 4) is 0 Å². The molecule has 0 heterocycles. The van der Waals surface area contributed by atoms with Gasteiger partial charge < -0.3 is 15.7 Å². The molecule has 4 nitrogen and oxygen atoms in total. The summed E-state index contributed by atoms with van der Waals surface area (Å²) in [6.45, 7) is 3.44. The Balaban J connectivity index is 2.87. The molecule has 17 heavy (non-hydrogen) atoms. The predicted octanol–water partition coefficient (Wildman–Crippen LogP) is 0.618. The largest absolute Gasteiger partial charge is 0.394 e. The maximum Gasteiger partial charge on any atom is 0.237 e. The Labute approximate surface area is 102 Å². The summed E-state index contributed by atoms with van der Waals surface area (Å²) in [6, 6.07) is 9.17. The summed E-state index contributed by atoms with van der Waals surface area (Å²) >= 11 is 0. The highest BCUT2D eigenvalue weighted by molar-refractivity contribution is 5.82. The number of rotatable bonds is 5. The third-order valence-electron chi connectivity index (χ3n) is 2.95. The summed E-state index contributed by atoms with van der Waals surface area (Å²) in [5.74, 6) is -0.132. The smallest absolute Gasteiger partial charge is 0.237 e. The molecule has 2 atom stereocenters. The molecule has 0 saturated carbocycles. The fourth-order valence-electron chi connectivity index (χ4n) is 1.52. The minimum Gasteiger partial charge on any atom is -0.394 e. The van der Waals surface area contributed by atoms with Gasteiger partial charge in [-0.05, 0) is 26.5 Å². The van der Waals surface area contributed by atoms with Gasteiger partial charge in [0.1, 0.15) is 0 Å². The molecule has 0 bridgehead atoms. The minimum absolute atomic E-state index is 0.132. The topological polar surface area (TPSA) is 61.4 Å². The molecule has 0 aliphatic rings. The van der Waals surface area contributed by atoms with E-state index >= 15 is 0 Å². The average Bonchev–Trinajstić information content (AvgIpc) is 2.38. The first-order valence-electron chi connectivity index (χ1n) is 5.69. The quantitative estimate of drug-likeness (QED) is 0.702. The maximum atomic E-state index is 11.8. The number of carbonyl (C=O) groups excluding carboxylic acids is 1. The number of nitrogens with one attached hydrogen (secondary N) is 2. The van der Waals surface area contributed by atoms with Crippen LogP contribution in [0.4, 0.5) is 0 Å². The van der Waals surface area contributed by atoms with E-state index in [1.807, 2.05) is 37.3 Å². The molecule has 1 rings (SSSR count). The fourth-order valence-corrected chi connectivity index (χ4v) is 1.52. The average molecular weight is 236 g/mol. The lowest BCUT2D eigenvalue weighted by Crippen LogP contribution is -2.51. The summed E-state index contributed by atoms with van der Waals surface area (Å²) in [5.41, 5.74) is 0.142. The molecule has 3 N–H and O–H groups in total. The highest BCUT2D eigenvalue weighted by atomic mass is 16.3. The van der Waals surface area contributed by atoms with Gasteiger partial charge in [0.25, 0.3) is 0 Å². The number of amides is 1. The maximum absolute atomic E-state index is 11.8. The molecular weight excluding hydrogens is 216 g/mol. The van der Waals surface area contributed by atoms with Crippen molar-refractivity contribution in [3.63, 3.8) is 0 Å². The summed E-state index contributed by atoms with van der Waals surface area (Å²) in [4.78, 5) is 11.8. The normalized spacial score (nSPS) is 16.0. The molecule has 0 radical (unpaired) electrons. The standard InChI is InChI=1S/C13H20N2O2/c1-10(14-3)12(17)15-13(2,9-16)11-7-5-4-6-8-11/h4-8,10,14,16H,9H2,1-3H3,(H,15,17). The second kappa shape index (κ2) is 5.80. The van der Waals surface area contributed by atoms with Crippen LogP contribution in [0.2, 0.25) is 0 Å². The lowest BCUT2D eigenvalue weighted by molar-refractivity contribution is -0.125. The van der Waals surface area contributed by atoms with Crippen LogP contribution in [-0.4, -0.2) is 30.7 Å². The van der Waals surface area contributed by atoms with Crippen LogP contribution in [0.3, 0.4) is 0 Å². The Hall–Kier alpha value is -1.39. The van der Waals surface area contributed by atoms with Gasteiger partial charge in [-0.15, -0.1) is 0 Å². The van der Waals surface area contributed by atoms with Crippen molar-refractivity contribution in [2.45, 2.75) is 25.4 Å². The van der Waals surface area contributed by atoms with E-state index in [0.29, 0.717) is 0 Å². The van der Waals surface area contributed by atoms with E-state index in [0.717, 1.165) is 5.56 Å². The van der Waals surface area contributed by atoms with E-state index in [2.05, 4.69) is 10.6 Å². The first kappa shape index (κ1) is 13.7. The lowest BCUT2D eigenvalue weighted by atomic mass is 9.92. The predicted molar refractivity (Wildman–Crippen MR) is 67.5 cm³/mol. The van der Waals surface area contributed by atoms with Gasteiger partial charge in [0, 0.05) is 0 Å². The van der Waals surface area contributed by atoms with Crippen molar-refractivity contribution in [3.05, 3.63) is 35.9 Å². The first-order valence-corrected chi connectivity index (χ1v) is 5.69. The zero-order chi connectivity index (χ0) is 12.9. The van der Waals surface area contributed by atoms with Crippen molar-refractivity contribution in [1.82, 2.24) is 10.6 Å². The molecule has 94 valence electrons. The van der Waals surface area contributed by atoms with Crippen LogP contribution >= 0.6 is 0 Å². The molecule has 0 spiro atoms. The second-order valence-corrected chi connectivity index (χ2v) is 4.36. The Morgan fingerprint density at radius 2 is 2.00 bits per heavy atom. The van der Waals surface area contributed by atoms with E-state index in [-0.39, 0.29) is 18.6 Å². The Morgan fingerprint density at radius 1 is 1.41 bits per heavy atom. The van der Waals surface area contributed by atoms with Gasteiger partial charge in [-0.25, -0.2) is 0 Å². The monoisotopic (exact) mass is 236 g/mol. The van der Waals surface area contributed by atoms with Crippen LogP contribution in [0.1, 0.15) is 19.4 Å². The summed E-state index contributed by atoms with van der Waals surface area (Å²) in [5, 5.41) is 15.2. The zero-order valence-corrected chi connectivity index (χ0v) is 10.5. The molecule has 0 saturated heterocycles. The van der Waals surface area contributed by atoms with Crippen molar-refractivity contribution < 1.29 is 9.90 Å². The summed E-state index contributed by atoms with van der Waals surface area (Å²) in [7, 11) is 1.73. The summed E-state index contributed by atoms with van der Waals surface area (Å²) in [6.07, 6.45) is 0. The van der Waals surface area contributed by atoms with E-state index in [1.54, 1.807) is 14.0 Å². The highest BCUT2D eigenvalue weighted by Crippen LogP contribution is 2.19. The van der Waals surface area contributed by atoms with Gasteiger partial charge in [0.2, 0.25) is 5.91 Å². The van der Waals surface area contributed by atoms with Crippen LogP contribution in [0.25, 0.3) is 0 Å². The van der Waals surface area contributed by atoms with Crippen molar-refractivity contribution >= 4 is 5.91 Å². The molecular formula is C13H20N2O2. The van der Waals surface area contributed by atoms with Crippen LogP contribution in [0.15, 0.2) is 30.3 Å². The molecule has 0 fully saturated rings. The van der Waals surface area contributed by atoms with Crippen LogP contribution in [0.5, 0.6) is 0 Å². The molecule has 0 aliphatic carbocycles. The van der Waals surface area contributed by atoms with Gasteiger partial charge in [0.15, 0.2) is 0 Å². The molecule has 4 heteroatoms. The minimum atomic E-state index is -0.747. The zero-order valence-electron chi connectivity index (χ0n) is 10.5. The van der Waals surface area contributed by atoms with Gasteiger partial charge in [0.05, 0.1) is 18.2 Å². The Bertz CT molecular complexity index is 367. The van der Waals surface area contributed by atoms with E-state index < -0.39 is 5.54 Å². The molecule has 1 aromatic carbocycles. The van der Waals surface area contributed by atoms with Crippen molar-refractivity contribution in [2.24, 2.45) is 0 Å². The fraction of sp³-hybridized carbons (Fsp3) is 0.462. The van der Waals surface area contributed by atoms with Gasteiger partial charge in [-0.1, -0.05) is 30.3 Å². The Kier molecular flexibility index (Phi) is 4.66. The van der Waals surface area contributed by atoms with Gasteiger partial charge >= 0.3 is 0 Å². The number of carbonyl (C=O) groups is 1. The van der Waals surface area contributed by atoms with Gasteiger partial charge in [-0.3, -0.25) is 4.79 Å². The van der Waals surface area contributed by atoms with E-state index in [1.165, 1.54) is 0 Å². The number of aliphatic hydroxyl groups excluding tert-OH is 1. The van der Waals surface area contributed by atoms with E-state index in [9.17, 15) is 9.90 Å². The third kappa shape index (κ3) is 3.28. The van der Waals surface area contributed by atoms with Crippen molar-refractivity contribution in [1.29, 1.82) is 0 Å². The van der Waals surface area contributed by atoms with Crippen molar-refractivity contribution in [2.75, 3.05) is 13.7 Å². The van der Waals surface area contributed by atoms with Crippen LogP contribution in [0, 0.1) is 0 Å². The lowest BCUT2D eigenvalue weighted by Gasteiger charge is -2.30. The number of benzene rings is 1. The number of aliphatic hydroxyl groups is 1. The SMILES string of the molecule is CNC(C)C(=O)NC(C)(CO)c1ccccc1. The highest BCUT2D eigenvalue weighted by Gasteiger charge is 2.28. The van der Waals surface area contributed by atoms with Gasteiger partial charge in [-0.2, -0.15) is 0 Å². The van der Waals surface area contributed by atoms with Crippen LogP contribution < -0.4 is 10.6 Å². The molecule has 1 aromatic rings. The molecule has 1 amide bonds. The summed E-state index contributed by atoms with van der Waals surface area (Å²) < 4.78 is 0. The Morgan fingerprint density at radius 3 is 2.47 bits per heavy atom.